The molecular weight excluding hydrogens is 355 g/mol. The Bertz CT molecular complexity index is 994. The van der Waals surface area contributed by atoms with Crippen LogP contribution in [0.1, 0.15) is 13.8 Å². The van der Waals surface area contributed by atoms with Gasteiger partial charge >= 0.3 is 0 Å². The molecule has 6 nitrogen and oxygen atoms in total. The number of fused-ring (bicyclic) bond motifs is 1. The summed E-state index contributed by atoms with van der Waals surface area (Å²) in [6.45, 7) is 5.05. The smallest absolute Gasteiger partial charge is 0.273 e. The van der Waals surface area contributed by atoms with Crippen molar-refractivity contribution in [2.24, 2.45) is 0 Å². The maximum Gasteiger partial charge on any atom is 0.273 e. The minimum atomic E-state index is -0.439. The number of aromatic nitrogens is 2. The molecule has 2 aromatic heterocycles. The number of hydrogen-bond donors (Lipinski definition) is 1. The Hall–Kier alpha value is -2.74. The molecule has 136 valence electrons. The third kappa shape index (κ3) is 3.60. The minimum Gasteiger partial charge on any atom is -0.343 e. The Kier molecular flexibility index (Phi) is 5.32. The van der Waals surface area contributed by atoms with Gasteiger partial charge in [-0.25, -0.2) is 9.37 Å². The second-order valence-electron chi connectivity index (χ2n) is 5.67. The van der Waals surface area contributed by atoms with Crippen LogP contribution in [0.2, 0.25) is 0 Å². The highest BCUT2D eigenvalue weighted by Gasteiger charge is 2.18. The highest BCUT2D eigenvalue weighted by atomic mass is 32.1. The molecule has 26 heavy (non-hydrogen) atoms. The van der Waals surface area contributed by atoms with E-state index in [1.165, 1.54) is 34.1 Å². The summed E-state index contributed by atoms with van der Waals surface area (Å²) in [7, 11) is 0. The lowest BCUT2D eigenvalue weighted by atomic mass is 10.3. The van der Waals surface area contributed by atoms with Crippen molar-refractivity contribution in [1.29, 1.82) is 0 Å². The van der Waals surface area contributed by atoms with Gasteiger partial charge < -0.3 is 10.2 Å². The molecule has 1 N–H and O–H groups in total. The fraction of sp³-hybridized carbons (Fsp3) is 0.278. The summed E-state index contributed by atoms with van der Waals surface area (Å²) in [5.41, 5.74) is 0.725. The third-order valence-corrected chi connectivity index (χ3v) is 4.89. The molecule has 0 unspecified atom stereocenters. The van der Waals surface area contributed by atoms with Gasteiger partial charge in [0.15, 0.2) is 0 Å². The quantitative estimate of drug-likeness (QED) is 0.720. The number of nitrogens with one attached hydrogen (secondary N) is 1. The Morgan fingerprint density at radius 2 is 2.08 bits per heavy atom. The van der Waals surface area contributed by atoms with E-state index < -0.39 is 11.7 Å². The fourth-order valence-corrected chi connectivity index (χ4v) is 3.51. The fourth-order valence-electron chi connectivity index (χ4n) is 2.73. The maximum atomic E-state index is 13.3. The molecule has 0 atom stereocenters. The molecule has 0 bridgehead atoms. The van der Waals surface area contributed by atoms with Crippen LogP contribution < -0.4 is 15.8 Å². The van der Waals surface area contributed by atoms with E-state index in [1.807, 2.05) is 24.1 Å². The second-order valence-corrected chi connectivity index (χ2v) is 6.58. The largest absolute Gasteiger partial charge is 0.343 e. The number of nitrogens with zero attached hydrogens (tertiary/aromatic N) is 3. The predicted molar refractivity (Wildman–Crippen MR) is 102 cm³/mol. The molecular formula is C18H19FN4O2S. The summed E-state index contributed by atoms with van der Waals surface area (Å²) >= 11 is 1.30. The first-order valence-corrected chi connectivity index (χ1v) is 9.19. The monoisotopic (exact) mass is 374 g/mol. The van der Waals surface area contributed by atoms with Crippen LogP contribution in [0.4, 0.5) is 16.0 Å². The highest BCUT2D eigenvalue weighted by molar-refractivity contribution is 7.17. The van der Waals surface area contributed by atoms with Gasteiger partial charge in [0, 0.05) is 18.8 Å². The van der Waals surface area contributed by atoms with Gasteiger partial charge in [-0.15, -0.1) is 11.3 Å². The number of amides is 1. The molecule has 0 aliphatic heterocycles. The lowest BCUT2D eigenvalue weighted by molar-refractivity contribution is -0.116. The normalized spacial score (nSPS) is 10.9. The number of hydrogen-bond acceptors (Lipinski definition) is 5. The van der Waals surface area contributed by atoms with E-state index in [-0.39, 0.29) is 12.1 Å². The van der Waals surface area contributed by atoms with Crippen molar-refractivity contribution >= 4 is 39.1 Å². The summed E-state index contributed by atoms with van der Waals surface area (Å²) < 4.78 is 15.2. The average molecular weight is 374 g/mol. The van der Waals surface area contributed by atoms with Crippen LogP contribution >= 0.6 is 11.3 Å². The molecule has 1 amide bonds. The lowest BCUT2D eigenvalue weighted by Crippen LogP contribution is -2.35. The number of thiophene rings is 1. The number of anilines is 2. The summed E-state index contributed by atoms with van der Waals surface area (Å²) in [6.07, 6.45) is 0. The molecule has 0 saturated heterocycles. The molecule has 0 aliphatic carbocycles. The van der Waals surface area contributed by atoms with Crippen molar-refractivity contribution in [2.45, 2.75) is 20.4 Å². The van der Waals surface area contributed by atoms with Crippen LogP contribution in [-0.4, -0.2) is 28.5 Å². The zero-order valence-electron chi connectivity index (χ0n) is 14.5. The number of carbonyl (C=O) groups excluding carboxylic acids is 1. The molecule has 2 heterocycles. The SMILES string of the molecule is CCN(CC)c1nc2ccsc2c(=O)n1CC(=O)Nc1cccc(F)c1. The van der Waals surface area contributed by atoms with Crippen LogP contribution in [0.25, 0.3) is 10.2 Å². The van der Waals surface area contributed by atoms with Crippen molar-refractivity contribution in [1.82, 2.24) is 9.55 Å². The molecule has 3 aromatic rings. The van der Waals surface area contributed by atoms with Crippen LogP contribution in [0, 0.1) is 5.82 Å². The van der Waals surface area contributed by atoms with Crippen LogP contribution in [-0.2, 0) is 11.3 Å². The highest BCUT2D eigenvalue weighted by Crippen LogP contribution is 2.19. The topological polar surface area (TPSA) is 67.2 Å². The van der Waals surface area contributed by atoms with E-state index in [1.54, 1.807) is 12.1 Å². The number of carbonyl (C=O) groups is 1. The molecule has 0 radical (unpaired) electrons. The van der Waals surface area contributed by atoms with Crippen molar-refractivity contribution in [2.75, 3.05) is 23.3 Å². The molecule has 8 heteroatoms. The first-order chi connectivity index (χ1) is 12.5. The average Bonchev–Trinajstić information content (AvgIpc) is 3.08. The molecule has 0 saturated carbocycles. The number of rotatable bonds is 6. The van der Waals surface area contributed by atoms with E-state index in [4.69, 9.17) is 0 Å². The predicted octanol–water partition coefficient (Wildman–Crippen LogP) is 3.08. The Morgan fingerprint density at radius 3 is 2.77 bits per heavy atom. The van der Waals surface area contributed by atoms with Crippen molar-refractivity contribution < 1.29 is 9.18 Å². The van der Waals surface area contributed by atoms with E-state index in [2.05, 4.69) is 10.3 Å². The third-order valence-electron chi connectivity index (χ3n) is 4.00. The van der Waals surface area contributed by atoms with Gasteiger partial charge in [-0.1, -0.05) is 6.07 Å². The van der Waals surface area contributed by atoms with Crippen LogP contribution in [0.3, 0.4) is 0 Å². The van der Waals surface area contributed by atoms with E-state index in [0.29, 0.717) is 34.9 Å². The Morgan fingerprint density at radius 1 is 1.31 bits per heavy atom. The van der Waals surface area contributed by atoms with Crippen molar-refractivity contribution in [3.8, 4) is 0 Å². The number of halogens is 1. The zero-order chi connectivity index (χ0) is 18.7. The lowest BCUT2D eigenvalue weighted by Gasteiger charge is -2.23. The van der Waals surface area contributed by atoms with Crippen molar-refractivity contribution in [3.63, 3.8) is 0 Å². The second kappa shape index (κ2) is 7.65. The molecule has 1 aromatic carbocycles. The van der Waals surface area contributed by atoms with Gasteiger partial charge in [0.25, 0.3) is 5.56 Å². The van der Waals surface area contributed by atoms with Gasteiger partial charge in [-0.05, 0) is 43.5 Å². The number of benzene rings is 1. The maximum absolute atomic E-state index is 13.3. The van der Waals surface area contributed by atoms with E-state index in [0.717, 1.165) is 0 Å². The first kappa shape index (κ1) is 18.1. The molecule has 3 rings (SSSR count). The summed E-state index contributed by atoms with van der Waals surface area (Å²) in [5, 5.41) is 4.43. The Balaban J connectivity index is 1.97. The van der Waals surface area contributed by atoms with E-state index >= 15 is 0 Å². The van der Waals surface area contributed by atoms with Gasteiger partial charge in [0.05, 0.1) is 5.52 Å². The minimum absolute atomic E-state index is 0.192. The van der Waals surface area contributed by atoms with Gasteiger partial charge in [-0.2, -0.15) is 0 Å². The van der Waals surface area contributed by atoms with Crippen LogP contribution in [0.15, 0.2) is 40.5 Å². The summed E-state index contributed by atoms with van der Waals surface area (Å²) in [4.78, 5) is 31.8. The van der Waals surface area contributed by atoms with Gasteiger partial charge in [0.1, 0.15) is 17.1 Å². The molecule has 0 fully saturated rings. The molecule has 0 aliphatic rings. The standard InChI is InChI=1S/C18H19FN4O2S/c1-3-22(4-2)18-21-14-8-9-26-16(14)17(25)23(18)11-15(24)20-13-7-5-6-12(19)10-13/h5-10H,3-4,11H2,1-2H3,(H,20,24). The van der Waals surface area contributed by atoms with Crippen molar-refractivity contribution in [3.05, 3.63) is 51.9 Å². The van der Waals surface area contributed by atoms with E-state index in [9.17, 15) is 14.0 Å². The zero-order valence-corrected chi connectivity index (χ0v) is 15.3. The van der Waals surface area contributed by atoms with Crippen LogP contribution in [0.5, 0.6) is 0 Å². The summed E-state index contributed by atoms with van der Waals surface area (Å²) in [5.74, 6) is -0.394. The van der Waals surface area contributed by atoms with Gasteiger partial charge in [-0.3, -0.25) is 14.2 Å². The Labute approximate surface area is 153 Å². The summed E-state index contributed by atoms with van der Waals surface area (Å²) in [6, 6.07) is 7.43. The molecule has 0 spiro atoms. The first-order valence-electron chi connectivity index (χ1n) is 8.31. The van der Waals surface area contributed by atoms with Gasteiger partial charge in [0.2, 0.25) is 11.9 Å².